The Balaban J connectivity index is 2.21. The third-order valence-corrected chi connectivity index (χ3v) is 3.22. The molecule has 0 aromatic heterocycles. The second kappa shape index (κ2) is 7.92. The van der Waals surface area contributed by atoms with Crippen LogP contribution in [0.4, 0.5) is 18.9 Å². The van der Waals surface area contributed by atoms with Crippen molar-refractivity contribution in [3.8, 4) is 0 Å². The number of alkyl halides is 3. The van der Waals surface area contributed by atoms with Crippen molar-refractivity contribution in [3.63, 3.8) is 0 Å². The predicted octanol–water partition coefficient (Wildman–Crippen LogP) is 2.35. The normalized spacial score (nSPS) is 11.0. The quantitative estimate of drug-likeness (QED) is 0.846. The molecule has 8 heteroatoms. The molecule has 0 saturated carbocycles. The summed E-state index contributed by atoms with van der Waals surface area (Å²) in [5, 5.41) is 4.36. The van der Waals surface area contributed by atoms with Crippen molar-refractivity contribution in [2.75, 3.05) is 23.4 Å². The first-order chi connectivity index (χ1) is 9.76. The molecule has 0 aliphatic carbocycles. The Morgan fingerprint density at radius 2 is 1.67 bits per heavy atom. The van der Waals surface area contributed by atoms with Crippen molar-refractivity contribution < 1.29 is 22.8 Å². The molecule has 1 rings (SSSR count). The Morgan fingerprint density at radius 3 is 2.24 bits per heavy atom. The van der Waals surface area contributed by atoms with Gasteiger partial charge in [-0.15, -0.1) is 11.8 Å². The lowest BCUT2D eigenvalue weighted by Gasteiger charge is -2.08. The summed E-state index contributed by atoms with van der Waals surface area (Å²) in [6.45, 7) is 0.559. The lowest BCUT2D eigenvalue weighted by Crippen LogP contribution is -2.35. The first kappa shape index (κ1) is 17.4. The molecule has 0 unspecified atom stereocenters. The number of hydrogen-bond acceptors (Lipinski definition) is 3. The topological polar surface area (TPSA) is 58.2 Å². The van der Waals surface area contributed by atoms with E-state index in [1.807, 2.05) is 19.1 Å². The number of hydrogen-bond donors (Lipinski definition) is 2. The summed E-state index contributed by atoms with van der Waals surface area (Å²) in [7, 11) is 0. The van der Waals surface area contributed by atoms with E-state index in [0.717, 1.165) is 17.3 Å². The van der Waals surface area contributed by atoms with Crippen molar-refractivity contribution in [2.24, 2.45) is 0 Å². The van der Waals surface area contributed by atoms with Gasteiger partial charge in [-0.2, -0.15) is 13.2 Å². The van der Waals surface area contributed by atoms with Crippen LogP contribution in [0.25, 0.3) is 0 Å². The predicted molar refractivity (Wildman–Crippen MR) is 76.2 cm³/mol. The fourth-order valence-corrected chi connectivity index (χ4v) is 1.97. The average Bonchev–Trinajstić information content (AvgIpc) is 2.38. The molecule has 2 amide bonds. The monoisotopic (exact) mass is 320 g/mol. The zero-order chi connectivity index (χ0) is 15.9. The van der Waals surface area contributed by atoms with Crippen LogP contribution in [0.15, 0.2) is 24.3 Å². The van der Waals surface area contributed by atoms with E-state index in [2.05, 4.69) is 5.32 Å². The Labute approximate surface area is 124 Å². The van der Waals surface area contributed by atoms with Crippen LogP contribution in [-0.2, 0) is 9.59 Å². The van der Waals surface area contributed by atoms with Gasteiger partial charge in [0.2, 0.25) is 11.8 Å². The fourth-order valence-electron chi connectivity index (χ4n) is 1.32. The van der Waals surface area contributed by atoms with Gasteiger partial charge in [-0.25, -0.2) is 0 Å². The Hall–Kier alpha value is -1.70. The third-order valence-electron chi connectivity index (χ3n) is 2.29. The van der Waals surface area contributed by atoms with E-state index in [4.69, 9.17) is 0 Å². The van der Waals surface area contributed by atoms with Crippen molar-refractivity contribution in [1.82, 2.24) is 5.32 Å². The highest BCUT2D eigenvalue weighted by Gasteiger charge is 2.27. The number of anilines is 1. The summed E-state index contributed by atoms with van der Waals surface area (Å²) in [4.78, 5) is 22.7. The molecular weight excluding hydrogens is 305 g/mol. The number of thioether (sulfide) groups is 1. The number of benzene rings is 1. The number of aryl methyl sites for hydroxylation is 1. The van der Waals surface area contributed by atoms with E-state index in [-0.39, 0.29) is 17.4 Å². The number of rotatable bonds is 6. The highest BCUT2D eigenvalue weighted by atomic mass is 32.2. The molecule has 0 aliphatic heterocycles. The standard InChI is InChI=1S/C13H15F3N2O2S/c1-9-2-4-10(5-3-9)18-12(20)7-21-6-11(19)17-8-13(14,15)16/h2-5H,6-8H2,1H3,(H,17,19)(H,18,20). The van der Waals surface area contributed by atoms with Crippen LogP contribution >= 0.6 is 11.8 Å². The van der Waals surface area contributed by atoms with Gasteiger partial charge < -0.3 is 10.6 Å². The SMILES string of the molecule is Cc1ccc(NC(=O)CSCC(=O)NCC(F)(F)F)cc1. The summed E-state index contributed by atoms with van der Waals surface area (Å²) in [6, 6.07) is 7.17. The maximum absolute atomic E-state index is 11.9. The second-order valence-electron chi connectivity index (χ2n) is 4.30. The first-order valence-corrected chi connectivity index (χ1v) is 7.19. The largest absolute Gasteiger partial charge is 0.405 e. The summed E-state index contributed by atoms with van der Waals surface area (Å²) in [5.74, 6) is -1.27. The number of carbonyl (C=O) groups is 2. The minimum atomic E-state index is -4.43. The molecule has 1 aromatic rings. The minimum Gasteiger partial charge on any atom is -0.346 e. The van der Waals surface area contributed by atoms with Gasteiger partial charge in [0.05, 0.1) is 11.5 Å². The van der Waals surface area contributed by atoms with Gasteiger partial charge in [0.25, 0.3) is 0 Å². The molecule has 4 nitrogen and oxygen atoms in total. The summed E-state index contributed by atoms with van der Waals surface area (Å²) in [5.41, 5.74) is 1.69. The molecule has 116 valence electrons. The van der Waals surface area contributed by atoms with Crippen LogP contribution < -0.4 is 10.6 Å². The van der Waals surface area contributed by atoms with E-state index < -0.39 is 18.6 Å². The van der Waals surface area contributed by atoms with Gasteiger partial charge in [0.15, 0.2) is 0 Å². The minimum absolute atomic E-state index is 0.00663. The van der Waals surface area contributed by atoms with Crippen LogP contribution in [0.3, 0.4) is 0 Å². The van der Waals surface area contributed by atoms with Crippen LogP contribution in [0, 0.1) is 6.92 Å². The highest BCUT2D eigenvalue weighted by molar-refractivity contribution is 8.00. The lowest BCUT2D eigenvalue weighted by molar-refractivity contribution is -0.136. The molecule has 0 heterocycles. The van der Waals surface area contributed by atoms with Gasteiger partial charge in [0.1, 0.15) is 6.54 Å². The zero-order valence-electron chi connectivity index (χ0n) is 11.3. The van der Waals surface area contributed by atoms with Crippen molar-refractivity contribution in [2.45, 2.75) is 13.1 Å². The van der Waals surface area contributed by atoms with E-state index in [1.54, 1.807) is 17.4 Å². The Kier molecular flexibility index (Phi) is 6.54. The molecule has 0 bridgehead atoms. The number of carbonyl (C=O) groups excluding carboxylic acids is 2. The molecule has 21 heavy (non-hydrogen) atoms. The highest BCUT2D eigenvalue weighted by Crippen LogP contribution is 2.12. The van der Waals surface area contributed by atoms with Crippen LogP contribution in [0.2, 0.25) is 0 Å². The molecule has 0 saturated heterocycles. The summed E-state index contributed by atoms with van der Waals surface area (Å²) >= 11 is 0.951. The molecule has 0 atom stereocenters. The average molecular weight is 320 g/mol. The van der Waals surface area contributed by atoms with E-state index in [1.165, 1.54) is 0 Å². The van der Waals surface area contributed by atoms with E-state index >= 15 is 0 Å². The van der Waals surface area contributed by atoms with Crippen LogP contribution in [-0.4, -0.2) is 36.0 Å². The number of halogens is 3. The molecule has 1 aromatic carbocycles. The third kappa shape index (κ3) is 8.23. The zero-order valence-corrected chi connectivity index (χ0v) is 12.1. The number of amides is 2. The molecule has 0 spiro atoms. The smallest absolute Gasteiger partial charge is 0.346 e. The van der Waals surface area contributed by atoms with Gasteiger partial charge in [-0.3, -0.25) is 9.59 Å². The first-order valence-electron chi connectivity index (χ1n) is 6.04. The Morgan fingerprint density at radius 1 is 1.10 bits per heavy atom. The van der Waals surface area contributed by atoms with E-state index in [0.29, 0.717) is 5.69 Å². The maximum atomic E-state index is 11.9. The summed E-state index contributed by atoms with van der Waals surface area (Å²) in [6.07, 6.45) is -4.43. The van der Waals surface area contributed by atoms with Gasteiger partial charge in [0, 0.05) is 5.69 Å². The van der Waals surface area contributed by atoms with Crippen LogP contribution in [0.1, 0.15) is 5.56 Å². The molecule has 0 aliphatic rings. The summed E-state index contributed by atoms with van der Waals surface area (Å²) < 4.78 is 35.6. The van der Waals surface area contributed by atoms with Crippen molar-refractivity contribution >= 4 is 29.3 Å². The van der Waals surface area contributed by atoms with Crippen molar-refractivity contribution in [3.05, 3.63) is 29.8 Å². The molecule has 0 fully saturated rings. The van der Waals surface area contributed by atoms with E-state index in [9.17, 15) is 22.8 Å². The van der Waals surface area contributed by atoms with Crippen LogP contribution in [0.5, 0.6) is 0 Å². The van der Waals surface area contributed by atoms with Gasteiger partial charge in [-0.1, -0.05) is 17.7 Å². The maximum Gasteiger partial charge on any atom is 0.405 e. The molecular formula is C13H15F3N2O2S. The van der Waals surface area contributed by atoms with Crippen molar-refractivity contribution in [1.29, 1.82) is 0 Å². The lowest BCUT2D eigenvalue weighted by atomic mass is 10.2. The molecule has 0 radical (unpaired) electrons. The number of nitrogens with one attached hydrogen (secondary N) is 2. The molecule has 2 N–H and O–H groups in total. The fraction of sp³-hybridized carbons (Fsp3) is 0.385. The van der Waals surface area contributed by atoms with Gasteiger partial charge >= 0.3 is 6.18 Å². The second-order valence-corrected chi connectivity index (χ2v) is 5.28. The van der Waals surface area contributed by atoms with Gasteiger partial charge in [-0.05, 0) is 19.1 Å². The Bertz CT molecular complexity index is 489.